The molecule has 0 aliphatic carbocycles. The van der Waals surface area contributed by atoms with E-state index in [1.54, 1.807) is 0 Å². The Labute approximate surface area is 133 Å². The van der Waals surface area contributed by atoms with Crippen molar-refractivity contribution in [2.45, 2.75) is 65.1 Å². The average molecular weight is 308 g/mol. The van der Waals surface area contributed by atoms with Crippen LogP contribution in [0.2, 0.25) is 0 Å². The van der Waals surface area contributed by atoms with Gasteiger partial charge in [-0.2, -0.15) is 0 Å². The van der Waals surface area contributed by atoms with Crippen LogP contribution in [-0.2, 0) is 13.0 Å². The molecule has 4 heteroatoms. The average Bonchev–Trinajstić information content (AvgIpc) is 3.06. The van der Waals surface area contributed by atoms with Gasteiger partial charge in [0.05, 0.1) is 5.01 Å². The molecule has 0 spiro atoms. The summed E-state index contributed by atoms with van der Waals surface area (Å²) in [7, 11) is 0. The minimum absolute atomic E-state index is 0.703. The first-order valence-electron chi connectivity index (χ1n) is 8.57. The van der Waals surface area contributed by atoms with Gasteiger partial charge in [-0.05, 0) is 31.7 Å². The Balaban J connectivity index is 1.63. The van der Waals surface area contributed by atoms with Crippen LogP contribution in [0, 0.1) is 5.92 Å². The first kappa shape index (κ1) is 15.4. The summed E-state index contributed by atoms with van der Waals surface area (Å²) in [5.41, 5.74) is 0. The number of rotatable bonds is 5. The molecule has 0 amide bonds. The molecule has 2 aliphatic rings. The summed E-state index contributed by atoms with van der Waals surface area (Å²) in [6.07, 6.45) is 7.30. The van der Waals surface area contributed by atoms with Crippen molar-refractivity contribution in [3.63, 3.8) is 0 Å². The topological polar surface area (TPSA) is 19.4 Å². The minimum Gasteiger partial charge on any atom is -0.298 e. The summed E-state index contributed by atoms with van der Waals surface area (Å²) in [6, 6.07) is 1.55. The molecular weight excluding hydrogens is 278 g/mol. The van der Waals surface area contributed by atoms with Crippen LogP contribution in [0.15, 0.2) is 6.20 Å². The number of fused-ring (bicyclic) bond motifs is 1. The molecule has 2 saturated heterocycles. The predicted octanol–water partition coefficient (Wildman–Crippen LogP) is 3.40. The number of nitrogens with zero attached hydrogens (tertiary/aromatic N) is 3. The van der Waals surface area contributed by atoms with E-state index >= 15 is 0 Å². The van der Waals surface area contributed by atoms with Crippen molar-refractivity contribution in [2.75, 3.05) is 19.6 Å². The SMILES string of the molecule is CC[C@H]1CN2CCC[C@H]2CN1Cc1cnc(CC(C)C)s1. The van der Waals surface area contributed by atoms with E-state index in [1.165, 1.54) is 48.8 Å². The van der Waals surface area contributed by atoms with Crippen molar-refractivity contribution < 1.29 is 0 Å². The molecule has 0 aromatic carbocycles. The molecule has 3 rings (SSSR count). The summed E-state index contributed by atoms with van der Waals surface area (Å²) in [5.74, 6) is 0.703. The van der Waals surface area contributed by atoms with Gasteiger partial charge in [-0.15, -0.1) is 11.3 Å². The highest BCUT2D eigenvalue weighted by atomic mass is 32.1. The molecule has 0 radical (unpaired) electrons. The normalized spacial score (nSPS) is 27.4. The van der Waals surface area contributed by atoms with E-state index in [0.29, 0.717) is 5.92 Å². The molecular formula is C17H29N3S. The van der Waals surface area contributed by atoms with Gasteiger partial charge < -0.3 is 0 Å². The van der Waals surface area contributed by atoms with E-state index in [9.17, 15) is 0 Å². The van der Waals surface area contributed by atoms with E-state index in [4.69, 9.17) is 0 Å². The van der Waals surface area contributed by atoms with E-state index < -0.39 is 0 Å². The molecule has 0 unspecified atom stereocenters. The summed E-state index contributed by atoms with van der Waals surface area (Å²) < 4.78 is 0. The highest BCUT2D eigenvalue weighted by molar-refractivity contribution is 7.11. The van der Waals surface area contributed by atoms with Crippen molar-refractivity contribution in [3.8, 4) is 0 Å². The molecule has 21 heavy (non-hydrogen) atoms. The second kappa shape index (κ2) is 6.76. The second-order valence-electron chi connectivity index (χ2n) is 7.10. The number of thiazole rings is 1. The largest absolute Gasteiger partial charge is 0.298 e. The van der Waals surface area contributed by atoms with Crippen LogP contribution in [0.3, 0.4) is 0 Å². The Kier molecular flexibility index (Phi) is 4.97. The van der Waals surface area contributed by atoms with Gasteiger partial charge in [-0.1, -0.05) is 20.8 Å². The van der Waals surface area contributed by atoms with Crippen LogP contribution in [0.25, 0.3) is 0 Å². The fraction of sp³-hybridized carbons (Fsp3) is 0.824. The number of hydrogen-bond donors (Lipinski definition) is 0. The molecule has 3 nitrogen and oxygen atoms in total. The molecule has 2 fully saturated rings. The molecule has 1 aromatic rings. The van der Waals surface area contributed by atoms with Crippen LogP contribution < -0.4 is 0 Å². The molecule has 2 atom stereocenters. The first-order valence-corrected chi connectivity index (χ1v) is 9.39. The summed E-state index contributed by atoms with van der Waals surface area (Å²) in [4.78, 5) is 11.5. The highest BCUT2D eigenvalue weighted by Crippen LogP contribution is 2.28. The van der Waals surface area contributed by atoms with Crippen molar-refractivity contribution in [1.29, 1.82) is 0 Å². The quantitative estimate of drug-likeness (QED) is 0.831. The van der Waals surface area contributed by atoms with Crippen LogP contribution in [0.4, 0.5) is 0 Å². The van der Waals surface area contributed by atoms with Crippen LogP contribution in [0.1, 0.15) is 49.9 Å². The number of aromatic nitrogens is 1. The lowest BCUT2D eigenvalue weighted by molar-refractivity contribution is 0.0443. The van der Waals surface area contributed by atoms with Crippen molar-refractivity contribution in [1.82, 2.24) is 14.8 Å². The van der Waals surface area contributed by atoms with Gasteiger partial charge >= 0.3 is 0 Å². The highest BCUT2D eigenvalue weighted by Gasteiger charge is 2.35. The maximum absolute atomic E-state index is 4.62. The van der Waals surface area contributed by atoms with Crippen molar-refractivity contribution >= 4 is 11.3 Å². The third-order valence-electron chi connectivity index (χ3n) is 4.92. The van der Waals surface area contributed by atoms with Gasteiger partial charge in [0.2, 0.25) is 0 Å². The van der Waals surface area contributed by atoms with Crippen molar-refractivity contribution in [2.24, 2.45) is 5.92 Å². The van der Waals surface area contributed by atoms with E-state index in [1.807, 2.05) is 11.3 Å². The van der Waals surface area contributed by atoms with Crippen molar-refractivity contribution in [3.05, 3.63) is 16.1 Å². The van der Waals surface area contributed by atoms with Gasteiger partial charge in [-0.3, -0.25) is 9.80 Å². The van der Waals surface area contributed by atoms with Crippen LogP contribution in [0.5, 0.6) is 0 Å². The standard InChI is InChI=1S/C17H29N3S/c1-4-14-10-19-7-5-6-15(19)11-20(14)12-16-9-18-17(21-16)8-13(2)3/h9,13-15H,4-8,10-12H2,1-3H3/t14-,15-/m0/s1. The van der Waals surface area contributed by atoms with Gasteiger partial charge in [-0.25, -0.2) is 4.98 Å². The third kappa shape index (κ3) is 3.66. The third-order valence-corrected chi connectivity index (χ3v) is 5.92. The van der Waals surface area contributed by atoms with Crippen LogP contribution >= 0.6 is 11.3 Å². The minimum atomic E-state index is 0.703. The molecule has 0 saturated carbocycles. The first-order chi connectivity index (χ1) is 10.2. The molecule has 0 N–H and O–H groups in total. The molecule has 0 bridgehead atoms. The molecule has 118 valence electrons. The predicted molar refractivity (Wildman–Crippen MR) is 89.7 cm³/mol. The Morgan fingerprint density at radius 1 is 1.38 bits per heavy atom. The number of hydrogen-bond acceptors (Lipinski definition) is 4. The molecule has 2 aliphatic heterocycles. The Hall–Kier alpha value is -0.450. The maximum atomic E-state index is 4.62. The smallest absolute Gasteiger partial charge is 0.0930 e. The fourth-order valence-corrected chi connectivity index (χ4v) is 4.95. The van der Waals surface area contributed by atoms with E-state index in [-0.39, 0.29) is 0 Å². The summed E-state index contributed by atoms with van der Waals surface area (Å²) in [6.45, 7) is 11.9. The second-order valence-corrected chi connectivity index (χ2v) is 8.30. The van der Waals surface area contributed by atoms with Gasteiger partial charge in [0.15, 0.2) is 0 Å². The Morgan fingerprint density at radius 2 is 2.24 bits per heavy atom. The van der Waals surface area contributed by atoms with Gasteiger partial charge in [0, 0.05) is 49.2 Å². The zero-order chi connectivity index (χ0) is 14.8. The summed E-state index contributed by atoms with van der Waals surface area (Å²) >= 11 is 1.93. The lowest BCUT2D eigenvalue weighted by atomic mass is 10.1. The molecule has 3 heterocycles. The van der Waals surface area contributed by atoms with E-state index in [0.717, 1.165) is 25.0 Å². The zero-order valence-corrected chi connectivity index (χ0v) is 14.5. The molecule has 1 aromatic heterocycles. The lowest BCUT2D eigenvalue weighted by Crippen LogP contribution is -2.55. The van der Waals surface area contributed by atoms with Gasteiger partial charge in [0.1, 0.15) is 0 Å². The summed E-state index contributed by atoms with van der Waals surface area (Å²) in [5, 5.41) is 1.31. The number of piperazine rings is 1. The zero-order valence-electron chi connectivity index (χ0n) is 13.7. The Morgan fingerprint density at radius 3 is 3.00 bits per heavy atom. The monoisotopic (exact) mass is 307 g/mol. The van der Waals surface area contributed by atoms with E-state index in [2.05, 4.69) is 41.8 Å². The Bertz CT molecular complexity index is 457. The van der Waals surface area contributed by atoms with Gasteiger partial charge in [0.25, 0.3) is 0 Å². The van der Waals surface area contributed by atoms with Crippen LogP contribution in [-0.4, -0.2) is 46.5 Å². The lowest BCUT2D eigenvalue weighted by Gasteiger charge is -2.43. The fourth-order valence-electron chi connectivity index (χ4n) is 3.79. The maximum Gasteiger partial charge on any atom is 0.0930 e.